The number of carbonyl (C=O) groups is 2. The first-order chi connectivity index (χ1) is 7.95. The van der Waals surface area contributed by atoms with Crippen molar-refractivity contribution in [1.82, 2.24) is 0 Å². The Morgan fingerprint density at radius 1 is 1.38 bits per heavy atom. The van der Waals surface area contributed by atoms with Crippen LogP contribution in [-0.4, -0.2) is 63.7 Å². The summed E-state index contributed by atoms with van der Waals surface area (Å²) in [6, 6.07) is 0. The fraction of sp³-hybridized carbons (Fsp3) is 0.778. The molecular formula is C9H16O7. The average Bonchev–Trinajstić information content (AvgIpc) is 2.35. The van der Waals surface area contributed by atoms with Crippen LogP contribution in [0.1, 0.15) is 14.7 Å². The highest BCUT2D eigenvalue weighted by Crippen LogP contribution is 2.05. The summed E-state index contributed by atoms with van der Waals surface area (Å²) in [7, 11) is 0. The summed E-state index contributed by atoms with van der Waals surface area (Å²) in [6.45, 7) is -0.0587. The molecule has 7 nitrogen and oxygen atoms in total. The van der Waals surface area contributed by atoms with E-state index in [1.54, 1.807) is 0 Å². The zero-order chi connectivity index (χ0) is 13.4. The Bertz CT molecular complexity index is 247. The van der Waals surface area contributed by atoms with Gasteiger partial charge in [-0.1, -0.05) is 6.90 Å². The fourth-order valence-electron chi connectivity index (χ4n) is 0.867. The van der Waals surface area contributed by atoms with E-state index in [-0.39, 0.29) is 26.2 Å². The third-order valence-corrected chi connectivity index (χ3v) is 1.79. The van der Waals surface area contributed by atoms with Crippen molar-refractivity contribution in [3.8, 4) is 0 Å². The molecular weight excluding hydrogens is 220 g/mol. The molecule has 0 radical (unpaired) electrons. The van der Waals surface area contributed by atoms with E-state index in [0.29, 0.717) is 0 Å². The predicted molar refractivity (Wildman–Crippen MR) is 51.3 cm³/mol. The first-order valence-electron chi connectivity index (χ1n) is 5.29. The third-order valence-electron chi connectivity index (χ3n) is 1.79. The normalized spacial score (nSPS) is 19.1. The summed E-state index contributed by atoms with van der Waals surface area (Å²) in [6.07, 6.45) is -7.74. The molecule has 94 valence electrons. The number of aldehydes is 1. The van der Waals surface area contributed by atoms with E-state index >= 15 is 0 Å². The van der Waals surface area contributed by atoms with Gasteiger partial charge in [-0.15, -0.1) is 0 Å². The molecule has 0 aliphatic carbocycles. The minimum atomic E-state index is -2.06. The predicted octanol–water partition coefficient (Wildman–Crippen LogP) is -2.42. The maximum Gasteiger partial charge on any atom is 0.337 e. The van der Waals surface area contributed by atoms with Crippen LogP contribution >= 0.6 is 0 Å². The molecule has 7 heteroatoms. The summed E-state index contributed by atoms with van der Waals surface area (Å²) < 4.78 is 11.3. The molecule has 0 bridgehead atoms. The number of ether oxygens (including phenoxy) is 1. The Labute approximate surface area is 93.7 Å². The van der Waals surface area contributed by atoms with E-state index < -0.39 is 30.4 Å². The Hall–Kier alpha value is -1.02. The van der Waals surface area contributed by atoms with Crippen LogP contribution in [0.25, 0.3) is 0 Å². The monoisotopic (exact) mass is 237 g/mol. The maximum atomic E-state index is 11.1. The minimum Gasteiger partial charge on any atom is -0.464 e. The number of aliphatic hydroxyl groups is 4. The quantitative estimate of drug-likeness (QED) is 0.221. The summed E-state index contributed by atoms with van der Waals surface area (Å²) in [4.78, 5) is 21.2. The average molecular weight is 237 g/mol. The summed E-state index contributed by atoms with van der Waals surface area (Å²) in [5.74, 6) is -1.19. The molecule has 0 aromatic rings. The van der Waals surface area contributed by atoms with Gasteiger partial charge in [-0.05, 0) is 6.42 Å². The molecule has 0 saturated carbocycles. The number of carbonyl (C=O) groups excluding carboxylic acids is 2. The molecule has 0 heterocycles. The van der Waals surface area contributed by atoms with Gasteiger partial charge in [0.1, 0.15) is 18.3 Å². The van der Waals surface area contributed by atoms with Crippen molar-refractivity contribution in [1.29, 1.82) is 0 Å². The van der Waals surface area contributed by atoms with Gasteiger partial charge in [0, 0.05) is 1.37 Å². The molecule has 0 aliphatic rings. The van der Waals surface area contributed by atoms with Gasteiger partial charge in [0.05, 0.1) is 6.61 Å². The smallest absolute Gasteiger partial charge is 0.337 e. The van der Waals surface area contributed by atoms with E-state index in [4.69, 9.17) is 11.6 Å². The Kier molecular flexibility index (Phi) is 5.94. The van der Waals surface area contributed by atoms with Crippen molar-refractivity contribution in [2.75, 3.05) is 6.61 Å². The van der Waals surface area contributed by atoms with Crippen LogP contribution in [0.4, 0.5) is 0 Å². The van der Waals surface area contributed by atoms with Gasteiger partial charge in [0.2, 0.25) is 0 Å². The van der Waals surface area contributed by atoms with Gasteiger partial charge in [0.25, 0.3) is 0 Å². The number of rotatable bonds is 7. The highest BCUT2D eigenvalue weighted by molar-refractivity contribution is 5.75. The molecule has 0 unspecified atom stereocenters. The van der Waals surface area contributed by atoms with E-state index in [9.17, 15) is 19.8 Å². The largest absolute Gasteiger partial charge is 0.464 e. The molecule has 16 heavy (non-hydrogen) atoms. The maximum absolute atomic E-state index is 11.1. The molecule has 4 N–H and O–H groups in total. The van der Waals surface area contributed by atoms with E-state index in [1.165, 1.54) is 0 Å². The second-order valence-corrected chi connectivity index (χ2v) is 3.07. The number of aliphatic hydroxyl groups excluding tert-OH is 4. The molecule has 0 rings (SSSR count). The van der Waals surface area contributed by atoms with Gasteiger partial charge in [-0.3, -0.25) is 0 Å². The van der Waals surface area contributed by atoms with Crippen LogP contribution in [0.3, 0.4) is 0 Å². The first kappa shape index (κ1) is 13.0. The van der Waals surface area contributed by atoms with Crippen LogP contribution in [-0.2, 0) is 14.3 Å². The van der Waals surface area contributed by atoms with Crippen molar-refractivity contribution >= 4 is 12.3 Å². The van der Waals surface area contributed by atoms with Crippen LogP contribution < -0.4 is 0 Å². The fourth-order valence-corrected chi connectivity index (χ4v) is 0.867. The van der Waals surface area contributed by atoms with Crippen LogP contribution in [0.2, 0.25) is 0 Å². The summed E-state index contributed by atoms with van der Waals surface area (Å²) >= 11 is 0. The SMILES string of the molecule is [2H]CCCOC(=O)[C@@H](O)[C@@H](O)[C@H](O)[C@@H](O)C=O. The van der Waals surface area contributed by atoms with Gasteiger partial charge in [-0.25, -0.2) is 4.79 Å². The lowest BCUT2D eigenvalue weighted by Crippen LogP contribution is -2.48. The van der Waals surface area contributed by atoms with Crippen molar-refractivity contribution in [2.45, 2.75) is 37.7 Å². The Morgan fingerprint density at radius 2 is 2.00 bits per heavy atom. The Morgan fingerprint density at radius 3 is 2.50 bits per heavy atom. The molecule has 0 aliphatic heterocycles. The van der Waals surface area contributed by atoms with Gasteiger partial charge >= 0.3 is 5.97 Å². The topological polar surface area (TPSA) is 124 Å². The second-order valence-electron chi connectivity index (χ2n) is 3.07. The number of hydrogen-bond acceptors (Lipinski definition) is 7. The summed E-state index contributed by atoms with van der Waals surface area (Å²) in [5.41, 5.74) is 0. The van der Waals surface area contributed by atoms with Crippen LogP contribution in [0, 0.1) is 0 Å². The van der Waals surface area contributed by atoms with Crippen molar-refractivity contribution in [3.05, 3.63) is 0 Å². The van der Waals surface area contributed by atoms with Gasteiger partial charge < -0.3 is 30.0 Å². The Balaban J connectivity index is 4.23. The van der Waals surface area contributed by atoms with E-state index in [1.807, 2.05) is 0 Å². The lowest BCUT2D eigenvalue weighted by molar-refractivity contribution is -0.169. The zero-order valence-electron chi connectivity index (χ0n) is 9.52. The molecule has 0 fully saturated rings. The lowest BCUT2D eigenvalue weighted by atomic mass is 10.0. The molecule has 0 amide bonds. The van der Waals surface area contributed by atoms with Gasteiger partial charge in [0.15, 0.2) is 12.4 Å². The van der Waals surface area contributed by atoms with Crippen molar-refractivity contribution < 1.29 is 36.1 Å². The minimum absolute atomic E-state index is 0.0357. The molecule has 4 atom stereocenters. The highest BCUT2D eigenvalue weighted by atomic mass is 16.5. The third kappa shape index (κ3) is 4.23. The van der Waals surface area contributed by atoms with E-state index in [0.717, 1.165) is 0 Å². The van der Waals surface area contributed by atoms with Gasteiger partial charge in [-0.2, -0.15) is 0 Å². The van der Waals surface area contributed by atoms with Crippen molar-refractivity contribution in [3.63, 3.8) is 0 Å². The van der Waals surface area contributed by atoms with Crippen LogP contribution in [0.5, 0.6) is 0 Å². The number of hydrogen-bond donors (Lipinski definition) is 4. The molecule has 0 aromatic carbocycles. The second kappa shape index (κ2) is 7.29. The molecule has 0 saturated heterocycles. The zero-order valence-corrected chi connectivity index (χ0v) is 8.52. The molecule has 0 spiro atoms. The van der Waals surface area contributed by atoms with Crippen LogP contribution in [0.15, 0.2) is 0 Å². The summed E-state index contributed by atoms with van der Waals surface area (Å²) in [5, 5.41) is 36.5. The molecule has 0 aromatic heterocycles. The van der Waals surface area contributed by atoms with Crippen molar-refractivity contribution in [2.24, 2.45) is 0 Å². The lowest BCUT2D eigenvalue weighted by Gasteiger charge is -2.22. The standard InChI is InChI=1S/C9H16O7/c1-2-3-16-9(15)8(14)7(13)6(12)5(11)4-10/h4-8,11-14H,2-3H2,1H3/t5-,6+,7-,8-/m0/s1/i1D. The highest BCUT2D eigenvalue weighted by Gasteiger charge is 2.35. The number of esters is 1. The van der Waals surface area contributed by atoms with E-state index in [2.05, 4.69) is 4.74 Å². The first-order valence-corrected chi connectivity index (χ1v) is 4.59.